The average molecular weight is 261 g/mol. The average Bonchev–Trinajstić information content (AvgIpc) is 2.39. The minimum Gasteiger partial charge on any atom is -0.368 e. The van der Waals surface area contributed by atoms with Gasteiger partial charge in [0.15, 0.2) is 0 Å². The molecule has 1 fully saturated rings. The summed E-state index contributed by atoms with van der Waals surface area (Å²) in [5.41, 5.74) is 8.74. The van der Waals surface area contributed by atoms with Gasteiger partial charge in [0.2, 0.25) is 0 Å². The molecule has 19 heavy (non-hydrogen) atoms. The number of hydrogen-bond donors (Lipinski definition) is 1. The highest BCUT2D eigenvalue weighted by molar-refractivity contribution is 5.54. The Kier molecular flexibility index (Phi) is 4.83. The van der Waals surface area contributed by atoms with E-state index in [1.165, 1.54) is 17.7 Å². The minimum atomic E-state index is 0.218. The summed E-state index contributed by atoms with van der Waals surface area (Å²) in [5, 5.41) is 0. The summed E-state index contributed by atoms with van der Waals surface area (Å²) < 4.78 is 0. The number of nitrogens with two attached hydrogens (primary N) is 1. The van der Waals surface area contributed by atoms with Crippen LogP contribution in [0.5, 0.6) is 0 Å². The molecule has 0 saturated carbocycles. The first-order valence-corrected chi connectivity index (χ1v) is 7.40. The van der Waals surface area contributed by atoms with Crippen LogP contribution in [0.4, 0.5) is 5.69 Å². The quantitative estimate of drug-likeness (QED) is 0.901. The number of likely N-dealkylation sites (N-methyl/N-ethyl adjacent to an activating group) is 1. The van der Waals surface area contributed by atoms with Gasteiger partial charge in [-0.25, -0.2) is 0 Å². The first kappa shape index (κ1) is 14.4. The van der Waals surface area contributed by atoms with Crippen molar-refractivity contribution in [1.82, 2.24) is 4.90 Å². The lowest BCUT2D eigenvalue weighted by atomic mass is 10.0. The molecule has 0 radical (unpaired) electrons. The molecule has 1 aliphatic rings. The molecule has 0 aromatic heterocycles. The number of para-hydroxylation sites is 1. The number of nitrogens with zero attached hydrogens (tertiary/aromatic N) is 2. The van der Waals surface area contributed by atoms with Crippen molar-refractivity contribution in [2.75, 3.05) is 31.6 Å². The Bertz CT molecular complexity index is 403. The van der Waals surface area contributed by atoms with Crippen LogP contribution in [0, 0.1) is 0 Å². The molecule has 1 aromatic carbocycles. The van der Waals surface area contributed by atoms with Gasteiger partial charge in [0, 0.05) is 37.4 Å². The molecule has 3 heteroatoms. The van der Waals surface area contributed by atoms with Crippen LogP contribution >= 0.6 is 0 Å². The Balaban J connectivity index is 2.17. The van der Waals surface area contributed by atoms with Gasteiger partial charge in [-0.05, 0) is 38.4 Å². The van der Waals surface area contributed by atoms with Crippen LogP contribution < -0.4 is 10.6 Å². The summed E-state index contributed by atoms with van der Waals surface area (Å²) in [4.78, 5) is 5.01. The third-order valence-corrected chi connectivity index (χ3v) is 4.12. The molecule has 2 atom stereocenters. The summed E-state index contributed by atoms with van der Waals surface area (Å²) in [5.74, 6) is 0. The summed E-state index contributed by atoms with van der Waals surface area (Å²) >= 11 is 0. The fourth-order valence-corrected chi connectivity index (χ4v) is 2.94. The zero-order valence-corrected chi connectivity index (χ0v) is 12.5. The Morgan fingerprint density at radius 3 is 2.74 bits per heavy atom. The fraction of sp³-hybridized carbons (Fsp3) is 0.625. The van der Waals surface area contributed by atoms with Gasteiger partial charge in [0.05, 0.1) is 0 Å². The van der Waals surface area contributed by atoms with Crippen molar-refractivity contribution in [2.45, 2.75) is 38.8 Å². The molecule has 2 rings (SSSR count). The lowest BCUT2D eigenvalue weighted by Gasteiger charge is -2.41. The third kappa shape index (κ3) is 3.48. The van der Waals surface area contributed by atoms with Crippen molar-refractivity contribution >= 4 is 5.69 Å². The molecule has 0 bridgehead atoms. The van der Waals surface area contributed by atoms with Crippen LogP contribution in [0.3, 0.4) is 0 Å². The Morgan fingerprint density at radius 2 is 2.05 bits per heavy atom. The van der Waals surface area contributed by atoms with E-state index in [1.54, 1.807) is 0 Å². The second kappa shape index (κ2) is 6.40. The van der Waals surface area contributed by atoms with Gasteiger partial charge in [-0.2, -0.15) is 0 Å². The predicted octanol–water partition coefficient (Wildman–Crippen LogP) is 2.11. The van der Waals surface area contributed by atoms with E-state index in [1.807, 2.05) is 0 Å². The van der Waals surface area contributed by atoms with Gasteiger partial charge in [-0.15, -0.1) is 0 Å². The summed E-state index contributed by atoms with van der Waals surface area (Å²) in [7, 11) is 2.24. The highest BCUT2D eigenvalue weighted by Crippen LogP contribution is 2.24. The molecule has 0 spiro atoms. The van der Waals surface area contributed by atoms with E-state index in [4.69, 9.17) is 5.73 Å². The molecule has 0 amide bonds. The molecule has 106 valence electrons. The predicted molar refractivity (Wildman–Crippen MR) is 82.7 cm³/mol. The number of anilines is 1. The molecule has 1 saturated heterocycles. The maximum Gasteiger partial charge on any atom is 0.0400 e. The van der Waals surface area contributed by atoms with Crippen LogP contribution in [-0.4, -0.2) is 43.7 Å². The molecular weight excluding hydrogens is 234 g/mol. The van der Waals surface area contributed by atoms with Crippen molar-refractivity contribution in [2.24, 2.45) is 5.73 Å². The lowest BCUT2D eigenvalue weighted by Crippen LogP contribution is -2.51. The van der Waals surface area contributed by atoms with Gasteiger partial charge >= 0.3 is 0 Å². The van der Waals surface area contributed by atoms with Gasteiger partial charge in [0.25, 0.3) is 0 Å². The van der Waals surface area contributed by atoms with E-state index in [0.29, 0.717) is 6.04 Å². The van der Waals surface area contributed by atoms with E-state index in [9.17, 15) is 0 Å². The first-order valence-electron chi connectivity index (χ1n) is 7.40. The van der Waals surface area contributed by atoms with E-state index in [0.717, 1.165) is 26.1 Å². The second-order valence-electron chi connectivity index (χ2n) is 5.80. The highest BCUT2D eigenvalue weighted by Gasteiger charge is 2.24. The van der Waals surface area contributed by atoms with E-state index in [-0.39, 0.29) is 6.04 Å². The maximum absolute atomic E-state index is 5.97. The first-order chi connectivity index (χ1) is 9.11. The standard InChI is InChI=1S/C16H27N3/c1-4-15-12-19(10-9-18(15)3)16-8-6-5-7-14(16)11-13(2)17/h5-8,13,15H,4,9-12,17H2,1-3H3. The van der Waals surface area contributed by atoms with Crippen molar-refractivity contribution in [3.05, 3.63) is 29.8 Å². The minimum absolute atomic E-state index is 0.218. The SMILES string of the molecule is CCC1CN(c2ccccc2CC(C)N)CCN1C. The smallest absolute Gasteiger partial charge is 0.0400 e. The van der Waals surface area contributed by atoms with Crippen LogP contribution in [0.25, 0.3) is 0 Å². The number of benzene rings is 1. The zero-order chi connectivity index (χ0) is 13.8. The lowest BCUT2D eigenvalue weighted by molar-refractivity contribution is 0.213. The number of piperazine rings is 1. The number of rotatable bonds is 4. The van der Waals surface area contributed by atoms with E-state index in [2.05, 4.69) is 55.0 Å². The molecular formula is C16H27N3. The van der Waals surface area contributed by atoms with Crippen LogP contribution in [0.1, 0.15) is 25.8 Å². The van der Waals surface area contributed by atoms with Crippen LogP contribution in [0.2, 0.25) is 0 Å². The fourth-order valence-electron chi connectivity index (χ4n) is 2.94. The monoisotopic (exact) mass is 261 g/mol. The summed E-state index contributed by atoms with van der Waals surface area (Å²) in [6.07, 6.45) is 2.17. The van der Waals surface area contributed by atoms with E-state index >= 15 is 0 Å². The second-order valence-corrected chi connectivity index (χ2v) is 5.80. The van der Waals surface area contributed by atoms with Crippen molar-refractivity contribution in [3.8, 4) is 0 Å². The normalized spacial score (nSPS) is 22.5. The van der Waals surface area contributed by atoms with E-state index < -0.39 is 0 Å². The number of hydrogen-bond acceptors (Lipinski definition) is 3. The van der Waals surface area contributed by atoms with Gasteiger partial charge in [-0.3, -0.25) is 4.90 Å². The molecule has 1 heterocycles. The zero-order valence-electron chi connectivity index (χ0n) is 12.5. The molecule has 1 aliphatic heterocycles. The Labute approximate surface area is 117 Å². The molecule has 2 N–H and O–H groups in total. The molecule has 1 aromatic rings. The third-order valence-electron chi connectivity index (χ3n) is 4.12. The highest BCUT2D eigenvalue weighted by atomic mass is 15.3. The summed E-state index contributed by atoms with van der Waals surface area (Å²) in [6, 6.07) is 9.61. The maximum atomic E-state index is 5.97. The van der Waals surface area contributed by atoms with Crippen LogP contribution in [0.15, 0.2) is 24.3 Å². The summed E-state index contributed by atoms with van der Waals surface area (Å²) in [6.45, 7) is 7.74. The molecule has 3 nitrogen and oxygen atoms in total. The molecule has 0 aliphatic carbocycles. The Hall–Kier alpha value is -1.06. The van der Waals surface area contributed by atoms with Crippen molar-refractivity contribution in [1.29, 1.82) is 0 Å². The van der Waals surface area contributed by atoms with Gasteiger partial charge < -0.3 is 10.6 Å². The topological polar surface area (TPSA) is 32.5 Å². The van der Waals surface area contributed by atoms with Crippen LogP contribution in [-0.2, 0) is 6.42 Å². The molecule has 2 unspecified atom stereocenters. The van der Waals surface area contributed by atoms with Crippen molar-refractivity contribution < 1.29 is 0 Å². The Morgan fingerprint density at radius 1 is 1.32 bits per heavy atom. The van der Waals surface area contributed by atoms with Gasteiger partial charge in [0.1, 0.15) is 0 Å². The van der Waals surface area contributed by atoms with Gasteiger partial charge in [-0.1, -0.05) is 25.1 Å². The van der Waals surface area contributed by atoms with Crippen molar-refractivity contribution in [3.63, 3.8) is 0 Å². The largest absolute Gasteiger partial charge is 0.368 e.